The predicted molar refractivity (Wildman–Crippen MR) is 187 cm³/mol. The fourth-order valence-electron chi connectivity index (χ4n) is 6.67. The Morgan fingerprint density at radius 1 is 0.727 bits per heavy atom. The summed E-state index contributed by atoms with van der Waals surface area (Å²) in [6, 6.07) is 36.0. The second-order valence-electron chi connectivity index (χ2n) is 10.9. The van der Waals surface area contributed by atoms with Crippen molar-refractivity contribution in [2.45, 2.75) is 6.92 Å². The Morgan fingerprint density at radius 2 is 1.45 bits per heavy atom. The van der Waals surface area contributed by atoms with Crippen LogP contribution in [0, 0.1) is 0 Å². The van der Waals surface area contributed by atoms with E-state index in [1.807, 2.05) is 31.2 Å². The molecule has 4 nitrogen and oxygen atoms in total. The van der Waals surface area contributed by atoms with Gasteiger partial charge in [-0.15, -0.1) is 11.3 Å². The van der Waals surface area contributed by atoms with Crippen molar-refractivity contribution < 1.29 is 4.42 Å². The second kappa shape index (κ2) is 9.49. The van der Waals surface area contributed by atoms with Gasteiger partial charge in [0.15, 0.2) is 11.4 Å². The van der Waals surface area contributed by atoms with E-state index in [0.717, 1.165) is 76.9 Å². The maximum atomic E-state index is 6.69. The first-order chi connectivity index (χ1) is 21.8. The molecule has 0 aliphatic carbocycles. The zero-order valence-electron chi connectivity index (χ0n) is 23.9. The SMILES string of the molecule is C=Cc1nc(-n2c3ccccc3c3c4c5ccccc5oc4c4sc5ccccc5c4c32)c(-c2ccccc2)nc1/C=C\C. The van der Waals surface area contributed by atoms with E-state index >= 15 is 0 Å². The van der Waals surface area contributed by atoms with Crippen molar-refractivity contribution in [3.63, 3.8) is 0 Å². The van der Waals surface area contributed by atoms with E-state index in [0.29, 0.717) is 0 Å². The van der Waals surface area contributed by atoms with Crippen LogP contribution < -0.4 is 0 Å². The first-order valence-corrected chi connectivity index (χ1v) is 15.5. The largest absolute Gasteiger partial charge is 0.455 e. The smallest absolute Gasteiger partial charge is 0.165 e. The lowest BCUT2D eigenvalue weighted by Gasteiger charge is -2.15. The van der Waals surface area contributed by atoms with Gasteiger partial charge in [-0.1, -0.05) is 97.6 Å². The van der Waals surface area contributed by atoms with Crippen molar-refractivity contribution in [2.75, 3.05) is 0 Å². The molecule has 0 unspecified atom stereocenters. The first-order valence-electron chi connectivity index (χ1n) is 14.7. The number of benzene rings is 5. The lowest BCUT2D eigenvalue weighted by Crippen LogP contribution is -2.06. The molecule has 0 amide bonds. The molecule has 208 valence electrons. The number of allylic oxidation sites excluding steroid dienone is 1. The molecule has 0 fully saturated rings. The summed E-state index contributed by atoms with van der Waals surface area (Å²) in [5.41, 5.74) is 7.35. The van der Waals surface area contributed by atoms with Crippen LogP contribution in [0.1, 0.15) is 18.3 Å². The highest BCUT2D eigenvalue weighted by molar-refractivity contribution is 7.26. The van der Waals surface area contributed by atoms with Crippen LogP contribution in [0.4, 0.5) is 0 Å². The quantitative estimate of drug-likeness (QED) is 0.207. The standard InChI is InChI=1S/C39H25N3OS/c1-3-14-28-27(4-2)41-39(35(40-28)23-15-6-5-7-16-23)42-29-20-11-8-17-24(29)32-33-25-18-9-12-21-30(25)43-37(33)38-34(36(32)42)26-19-10-13-22-31(26)44-38/h3-22H,2H2,1H3/b14-3-. The summed E-state index contributed by atoms with van der Waals surface area (Å²) in [5, 5.41) is 6.92. The molecule has 0 aliphatic heterocycles. The van der Waals surface area contributed by atoms with Crippen molar-refractivity contribution >= 4 is 87.4 Å². The first kappa shape index (κ1) is 25.0. The maximum Gasteiger partial charge on any atom is 0.165 e. The number of rotatable bonds is 4. The lowest BCUT2D eigenvalue weighted by molar-refractivity contribution is 0.673. The number of para-hydroxylation sites is 2. The summed E-state index contributed by atoms with van der Waals surface area (Å²) in [6.45, 7) is 6.11. The Hall–Kier alpha value is -5.52. The Labute approximate surface area is 256 Å². The minimum atomic E-state index is 0.741. The number of nitrogens with zero attached hydrogens (tertiary/aromatic N) is 3. The highest BCUT2D eigenvalue weighted by Crippen LogP contribution is 2.50. The molecule has 0 radical (unpaired) electrons. The van der Waals surface area contributed by atoms with Crippen molar-refractivity contribution in [3.05, 3.63) is 127 Å². The van der Waals surface area contributed by atoms with Gasteiger partial charge in [0.1, 0.15) is 11.3 Å². The topological polar surface area (TPSA) is 43.9 Å². The highest BCUT2D eigenvalue weighted by Gasteiger charge is 2.27. The van der Waals surface area contributed by atoms with Crippen LogP contribution in [0.15, 0.2) is 120 Å². The monoisotopic (exact) mass is 583 g/mol. The van der Waals surface area contributed by atoms with Gasteiger partial charge >= 0.3 is 0 Å². The predicted octanol–water partition coefficient (Wildman–Crippen LogP) is 11.2. The number of hydrogen-bond donors (Lipinski definition) is 0. The molecule has 0 bridgehead atoms. The van der Waals surface area contributed by atoms with Gasteiger partial charge in [0.25, 0.3) is 0 Å². The van der Waals surface area contributed by atoms with Crippen LogP contribution in [-0.2, 0) is 0 Å². The van der Waals surface area contributed by atoms with E-state index in [2.05, 4.69) is 102 Å². The third-order valence-corrected chi connectivity index (χ3v) is 9.64. The van der Waals surface area contributed by atoms with E-state index in [1.54, 1.807) is 17.4 Å². The zero-order valence-corrected chi connectivity index (χ0v) is 24.7. The third kappa shape index (κ3) is 3.38. The number of furan rings is 1. The highest BCUT2D eigenvalue weighted by atomic mass is 32.1. The number of aromatic nitrogens is 3. The van der Waals surface area contributed by atoms with E-state index in [-0.39, 0.29) is 0 Å². The van der Waals surface area contributed by atoms with Gasteiger partial charge < -0.3 is 4.42 Å². The molecule has 0 atom stereocenters. The van der Waals surface area contributed by atoms with Gasteiger partial charge in [-0.05, 0) is 37.3 Å². The van der Waals surface area contributed by atoms with E-state index in [4.69, 9.17) is 14.4 Å². The summed E-state index contributed by atoms with van der Waals surface area (Å²) in [6.07, 6.45) is 5.79. The summed E-state index contributed by atoms with van der Waals surface area (Å²) < 4.78 is 11.4. The Kier molecular flexibility index (Phi) is 5.40. The molecule has 0 saturated carbocycles. The maximum absolute atomic E-state index is 6.69. The molecular formula is C39H25N3OS. The van der Waals surface area contributed by atoms with Crippen molar-refractivity contribution in [3.8, 4) is 17.1 Å². The Bertz CT molecular complexity index is 2640. The lowest BCUT2D eigenvalue weighted by atomic mass is 10.0. The minimum absolute atomic E-state index is 0.741. The zero-order chi connectivity index (χ0) is 29.4. The molecule has 9 aromatic rings. The third-order valence-electron chi connectivity index (χ3n) is 8.47. The fourth-order valence-corrected chi connectivity index (χ4v) is 7.86. The van der Waals surface area contributed by atoms with Crippen LogP contribution >= 0.6 is 11.3 Å². The summed E-state index contributed by atoms with van der Waals surface area (Å²) >= 11 is 1.78. The van der Waals surface area contributed by atoms with Gasteiger partial charge in [0.2, 0.25) is 0 Å². The average Bonchev–Trinajstić information content (AvgIpc) is 3.75. The summed E-state index contributed by atoms with van der Waals surface area (Å²) in [4.78, 5) is 10.6. The second-order valence-corrected chi connectivity index (χ2v) is 12.0. The van der Waals surface area contributed by atoms with Crippen LogP contribution in [0.5, 0.6) is 0 Å². The molecule has 9 rings (SSSR count). The molecule has 0 N–H and O–H groups in total. The molecule has 44 heavy (non-hydrogen) atoms. The molecule has 0 aliphatic rings. The van der Waals surface area contributed by atoms with Crippen molar-refractivity contribution in [1.29, 1.82) is 0 Å². The normalized spacial score (nSPS) is 12.2. The molecule has 4 heterocycles. The van der Waals surface area contributed by atoms with Gasteiger partial charge in [0.05, 0.1) is 27.1 Å². The van der Waals surface area contributed by atoms with Crippen molar-refractivity contribution in [2.24, 2.45) is 0 Å². The fraction of sp³-hybridized carbons (Fsp3) is 0.0256. The van der Waals surface area contributed by atoms with Crippen LogP contribution in [-0.4, -0.2) is 14.5 Å². The minimum Gasteiger partial charge on any atom is -0.455 e. The van der Waals surface area contributed by atoms with Gasteiger partial charge in [-0.3, -0.25) is 4.57 Å². The Balaban J connectivity index is 1.60. The number of fused-ring (bicyclic) bond motifs is 12. The number of thiophene rings is 1. The summed E-state index contributed by atoms with van der Waals surface area (Å²) in [7, 11) is 0. The van der Waals surface area contributed by atoms with Gasteiger partial charge in [-0.25, -0.2) is 9.97 Å². The molecule has 0 saturated heterocycles. The van der Waals surface area contributed by atoms with Crippen molar-refractivity contribution in [1.82, 2.24) is 14.5 Å². The molecule has 5 aromatic carbocycles. The van der Waals surface area contributed by atoms with E-state index in [9.17, 15) is 0 Å². The van der Waals surface area contributed by atoms with Gasteiger partial charge in [-0.2, -0.15) is 0 Å². The average molecular weight is 584 g/mol. The molecule has 5 heteroatoms. The molecule has 0 spiro atoms. The molecule has 4 aromatic heterocycles. The number of hydrogen-bond acceptors (Lipinski definition) is 4. The van der Waals surface area contributed by atoms with Crippen LogP contribution in [0.3, 0.4) is 0 Å². The van der Waals surface area contributed by atoms with E-state index in [1.165, 1.54) is 15.5 Å². The van der Waals surface area contributed by atoms with Gasteiger partial charge in [0, 0.05) is 42.6 Å². The Morgan fingerprint density at radius 3 is 2.27 bits per heavy atom. The molecular weight excluding hydrogens is 559 g/mol. The van der Waals surface area contributed by atoms with E-state index < -0.39 is 0 Å². The summed E-state index contributed by atoms with van der Waals surface area (Å²) in [5.74, 6) is 0.772. The van der Waals surface area contributed by atoms with Crippen LogP contribution in [0.25, 0.3) is 93.1 Å². The van der Waals surface area contributed by atoms with Crippen LogP contribution in [0.2, 0.25) is 0 Å².